The van der Waals surface area contributed by atoms with Crippen LogP contribution in [0.15, 0.2) is 0 Å². The van der Waals surface area contributed by atoms with E-state index < -0.39 is 0 Å². The molecule has 0 saturated carbocycles. The molecule has 14 heavy (non-hydrogen) atoms. The third-order valence-electron chi connectivity index (χ3n) is 2.76. The number of carbonyl (C=O) groups excluding carboxylic acids is 1. The summed E-state index contributed by atoms with van der Waals surface area (Å²) in [6.45, 7) is 4.62. The van der Waals surface area contributed by atoms with Gasteiger partial charge in [-0.15, -0.1) is 5.06 Å². The second kappa shape index (κ2) is 5.32. The van der Waals surface area contributed by atoms with Gasteiger partial charge in [-0.25, -0.2) is 0 Å². The first-order valence-corrected chi connectivity index (χ1v) is 5.28. The van der Waals surface area contributed by atoms with E-state index in [2.05, 4.69) is 0 Å². The first-order valence-electron chi connectivity index (χ1n) is 5.28. The van der Waals surface area contributed by atoms with Gasteiger partial charge in [0.05, 0.1) is 18.6 Å². The lowest BCUT2D eigenvalue weighted by atomic mass is 10.1. The zero-order valence-electron chi connectivity index (χ0n) is 8.90. The fraction of sp³-hybridized carbons (Fsp3) is 0.900. The number of rotatable bonds is 4. The Labute approximate surface area is 84.8 Å². The fourth-order valence-corrected chi connectivity index (χ4v) is 1.48. The second-order valence-corrected chi connectivity index (χ2v) is 3.84. The van der Waals surface area contributed by atoms with E-state index in [1.807, 2.05) is 13.8 Å². The molecule has 1 aliphatic rings. The minimum Gasteiger partial charge on any atom is -0.395 e. The molecule has 4 nitrogen and oxygen atoms in total. The summed E-state index contributed by atoms with van der Waals surface area (Å²) in [5.74, 6) is -0.247. The molecular weight excluding hydrogens is 182 g/mol. The average Bonchev–Trinajstić information content (AvgIpc) is 2.63. The van der Waals surface area contributed by atoms with Crippen molar-refractivity contribution >= 4 is 5.97 Å². The molecule has 0 aromatic rings. The molecule has 1 aliphatic heterocycles. The van der Waals surface area contributed by atoms with E-state index in [-0.39, 0.29) is 24.5 Å². The fourth-order valence-electron chi connectivity index (χ4n) is 1.48. The SMILES string of the molecule is CCC(C)C(=O)ON1CCC[C@H]1CO. The van der Waals surface area contributed by atoms with E-state index in [1.165, 1.54) is 0 Å². The standard InChI is InChI=1S/C10H19NO3/c1-3-8(2)10(13)14-11-6-4-5-9(11)7-12/h8-9,12H,3-7H2,1-2H3/t8?,9-/m0/s1. The molecule has 0 aromatic heterocycles. The Hall–Kier alpha value is -0.610. The van der Waals surface area contributed by atoms with Crippen molar-refractivity contribution in [3.05, 3.63) is 0 Å². The Balaban J connectivity index is 2.39. The van der Waals surface area contributed by atoms with Crippen LogP contribution in [0.4, 0.5) is 0 Å². The molecule has 1 unspecified atom stereocenters. The molecule has 1 rings (SSSR count). The summed E-state index contributed by atoms with van der Waals surface area (Å²) in [6.07, 6.45) is 2.68. The van der Waals surface area contributed by atoms with E-state index >= 15 is 0 Å². The monoisotopic (exact) mass is 201 g/mol. The third kappa shape index (κ3) is 2.69. The van der Waals surface area contributed by atoms with Gasteiger partial charge in [0.1, 0.15) is 0 Å². The van der Waals surface area contributed by atoms with Gasteiger partial charge in [-0.05, 0) is 19.3 Å². The van der Waals surface area contributed by atoms with Crippen LogP contribution in [-0.2, 0) is 9.63 Å². The normalized spacial score (nSPS) is 24.9. The van der Waals surface area contributed by atoms with Crippen LogP contribution in [0, 0.1) is 5.92 Å². The van der Waals surface area contributed by atoms with E-state index in [9.17, 15) is 4.79 Å². The minimum atomic E-state index is -0.187. The van der Waals surface area contributed by atoms with Crippen LogP contribution in [0.2, 0.25) is 0 Å². The number of nitrogens with zero attached hydrogens (tertiary/aromatic N) is 1. The molecule has 1 heterocycles. The topological polar surface area (TPSA) is 49.8 Å². The molecule has 0 amide bonds. The van der Waals surface area contributed by atoms with Crippen molar-refractivity contribution in [1.82, 2.24) is 5.06 Å². The molecule has 0 spiro atoms. The number of hydrogen-bond donors (Lipinski definition) is 1. The number of aliphatic hydroxyl groups is 1. The predicted molar refractivity (Wildman–Crippen MR) is 52.4 cm³/mol. The van der Waals surface area contributed by atoms with Crippen LogP contribution in [0.1, 0.15) is 33.1 Å². The van der Waals surface area contributed by atoms with Gasteiger partial charge >= 0.3 is 5.97 Å². The quantitative estimate of drug-likeness (QED) is 0.735. The highest BCUT2D eigenvalue weighted by Crippen LogP contribution is 2.18. The van der Waals surface area contributed by atoms with Crippen LogP contribution in [0.25, 0.3) is 0 Å². The minimum absolute atomic E-state index is 0.00278. The van der Waals surface area contributed by atoms with E-state index in [4.69, 9.17) is 9.94 Å². The smallest absolute Gasteiger partial charge is 0.327 e. The van der Waals surface area contributed by atoms with Gasteiger partial charge in [-0.3, -0.25) is 4.79 Å². The van der Waals surface area contributed by atoms with E-state index in [1.54, 1.807) is 5.06 Å². The Morgan fingerprint density at radius 2 is 2.43 bits per heavy atom. The van der Waals surface area contributed by atoms with Crippen LogP contribution in [-0.4, -0.2) is 35.3 Å². The maximum Gasteiger partial charge on any atom is 0.327 e. The first kappa shape index (κ1) is 11.5. The number of aliphatic hydroxyl groups excluding tert-OH is 1. The summed E-state index contributed by atoms with van der Waals surface area (Å²) in [5.41, 5.74) is 0. The molecule has 1 saturated heterocycles. The maximum atomic E-state index is 11.4. The highest BCUT2D eigenvalue weighted by molar-refractivity contribution is 5.71. The van der Waals surface area contributed by atoms with Gasteiger partial charge in [0.2, 0.25) is 0 Å². The molecule has 0 radical (unpaired) electrons. The lowest BCUT2D eigenvalue weighted by Gasteiger charge is -2.22. The first-order chi connectivity index (χ1) is 6.69. The Bertz CT molecular complexity index is 196. The third-order valence-corrected chi connectivity index (χ3v) is 2.76. The van der Waals surface area contributed by atoms with Gasteiger partial charge in [0.25, 0.3) is 0 Å². The lowest BCUT2D eigenvalue weighted by molar-refractivity contribution is -0.201. The molecular formula is C10H19NO3. The zero-order chi connectivity index (χ0) is 10.6. The van der Waals surface area contributed by atoms with Crippen molar-refractivity contribution < 1.29 is 14.7 Å². The second-order valence-electron chi connectivity index (χ2n) is 3.84. The van der Waals surface area contributed by atoms with Crippen LogP contribution >= 0.6 is 0 Å². The average molecular weight is 201 g/mol. The highest BCUT2D eigenvalue weighted by atomic mass is 16.7. The largest absolute Gasteiger partial charge is 0.395 e. The lowest BCUT2D eigenvalue weighted by Crippen LogP contribution is -2.36. The molecule has 82 valence electrons. The van der Waals surface area contributed by atoms with Crippen molar-refractivity contribution in [2.24, 2.45) is 5.92 Å². The maximum absolute atomic E-state index is 11.4. The molecule has 0 aliphatic carbocycles. The van der Waals surface area contributed by atoms with Gasteiger partial charge in [-0.2, -0.15) is 0 Å². The van der Waals surface area contributed by atoms with Gasteiger partial charge in [-0.1, -0.05) is 13.8 Å². The highest BCUT2D eigenvalue weighted by Gasteiger charge is 2.28. The molecule has 1 N–H and O–H groups in total. The predicted octanol–water partition coefficient (Wildman–Crippen LogP) is 0.947. The Morgan fingerprint density at radius 3 is 3.00 bits per heavy atom. The summed E-state index contributed by atoms with van der Waals surface area (Å²) in [4.78, 5) is 16.6. The van der Waals surface area contributed by atoms with Crippen LogP contribution in [0.3, 0.4) is 0 Å². The summed E-state index contributed by atoms with van der Waals surface area (Å²) in [5, 5.41) is 10.6. The van der Waals surface area contributed by atoms with Crippen molar-refractivity contribution in [2.45, 2.75) is 39.2 Å². The van der Waals surface area contributed by atoms with E-state index in [0.29, 0.717) is 0 Å². The zero-order valence-corrected chi connectivity index (χ0v) is 8.90. The summed E-state index contributed by atoms with van der Waals surface area (Å²) >= 11 is 0. The molecule has 4 heteroatoms. The summed E-state index contributed by atoms with van der Waals surface area (Å²) < 4.78 is 0. The Morgan fingerprint density at radius 1 is 1.71 bits per heavy atom. The summed E-state index contributed by atoms with van der Waals surface area (Å²) in [7, 11) is 0. The molecule has 0 bridgehead atoms. The van der Waals surface area contributed by atoms with Gasteiger partial charge in [0, 0.05) is 6.54 Å². The van der Waals surface area contributed by atoms with Crippen molar-refractivity contribution in [1.29, 1.82) is 0 Å². The summed E-state index contributed by atoms with van der Waals surface area (Å²) in [6, 6.07) is 0.00278. The van der Waals surface area contributed by atoms with Crippen molar-refractivity contribution in [2.75, 3.05) is 13.2 Å². The van der Waals surface area contributed by atoms with Crippen LogP contribution < -0.4 is 0 Å². The van der Waals surface area contributed by atoms with E-state index in [0.717, 1.165) is 25.8 Å². The Kier molecular flexibility index (Phi) is 4.35. The molecule has 2 atom stereocenters. The van der Waals surface area contributed by atoms with Gasteiger partial charge in [0.15, 0.2) is 0 Å². The number of carbonyl (C=O) groups is 1. The molecule has 1 fully saturated rings. The van der Waals surface area contributed by atoms with Crippen molar-refractivity contribution in [3.8, 4) is 0 Å². The van der Waals surface area contributed by atoms with Crippen LogP contribution in [0.5, 0.6) is 0 Å². The number of hydrogen-bond acceptors (Lipinski definition) is 4. The van der Waals surface area contributed by atoms with Crippen molar-refractivity contribution in [3.63, 3.8) is 0 Å². The van der Waals surface area contributed by atoms with Gasteiger partial charge < -0.3 is 9.94 Å². The number of hydroxylamine groups is 2. The molecule has 0 aromatic carbocycles.